The zero-order valence-corrected chi connectivity index (χ0v) is 13.9. The molecule has 2 rings (SSSR count). The standard InChI is InChI=1S/C16H15F2NO9/c17-7-2-5-1-6(16(27)28-14(5)10(18)11(7)23)15(26)19-8(3-20)12(24)13(25)9(22)4-21/h1-3,8-9,12-13,21-25H,4H2,(H,19,26)/t8-,9+,12+,13+/m1/s1. The summed E-state index contributed by atoms with van der Waals surface area (Å²) >= 11 is 0. The van der Waals surface area contributed by atoms with Crippen LogP contribution >= 0.6 is 0 Å². The van der Waals surface area contributed by atoms with E-state index in [1.54, 1.807) is 0 Å². The first kappa shape index (κ1) is 21.4. The van der Waals surface area contributed by atoms with Gasteiger partial charge in [-0.2, -0.15) is 4.39 Å². The van der Waals surface area contributed by atoms with Crippen LogP contribution in [-0.4, -0.2) is 68.7 Å². The number of carbonyl (C=O) groups excluding carboxylic acids is 2. The molecule has 0 bridgehead atoms. The van der Waals surface area contributed by atoms with Crippen LogP contribution in [-0.2, 0) is 4.79 Å². The Kier molecular flexibility index (Phi) is 6.41. The normalized spacial score (nSPS) is 15.6. The van der Waals surface area contributed by atoms with Crippen LogP contribution in [0.5, 0.6) is 5.75 Å². The molecule has 1 heterocycles. The molecule has 2 aromatic rings. The van der Waals surface area contributed by atoms with Crippen LogP contribution < -0.4 is 10.9 Å². The molecule has 1 aromatic heterocycles. The molecule has 0 unspecified atom stereocenters. The Bertz CT molecular complexity index is 961. The lowest BCUT2D eigenvalue weighted by Gasteiger charge is -2.26. The molecule has 6 N–H and O–H groups in total. The van der Waals surface area contributed by atoms with E-state index in [9.17, 15) is 43.6 Å². The second-order valence-corrected chi connectivity index (χ2v) is 5.75. The van der Waals surface area contributed by atoms with E-state index in [1.807, 2.05) is 5.32 Å². The van der Waals surface area contributed by atoms with Gasteiger partial charge >= 0.3 is 5.63 Å². The highest BCUT2D eigenvalue weighted by Gasteiger charge is 2.32. The molecule has 1 amide bonds. The average molecular weight is 403 g/mol. The average Bonchev–Trinajstić information content (AvgIpc) is 2.68. The second-order valence-electron chi connectivity index (χ2n) is 5.75. The van der Waals surface area contributed by atoms with E-state index < -0.39 is 76.4 Å². The van der Waals surface area contributed by atoms with Crippen molar-refractivity contribution < 1.29 is 48.3 Å². The smallest absolute Gasteiger partial charge is 0.349 e. The molecule has 152 valence electrons. The number of carbonyl (C=O) groups is 2. The second kappa shape index (κ2) is 8.39. The lowest BCUT2D eigenvalue weighted by molar-refractivity contribution is -0.119. The van der Waals surface area contributed by atoms with E-state index in [2.05, 4.69) is 4.42 Å². The molecule has 0 aliphatic carbocycles. The number of rotatable bonds is 7. The zero-order valence-electron chi connectivity index (χ0n) is 13.9. The fourth-order valence-corrected chi connectivity index (χ4v) is 2.32. The van der Waals surface area contributed by atoms with Gasteiger partial charge in [0.05, 0.1) is 6.61 Å². The van der Waals surface area contributed by atoms with E-state index in [1.165, 1.54) is 0 Å². The summed E-state index contributed by atoms with van der Waals surface area (Å²) in [6, 6.07) is -0.483. The zero-order chi connectivity index (χ0) is 21.2. The van der Waals surface area contributed by atoms with Gasteiger partial charge in [0.15, 0.2) is 17.1 Å². The maximum absolute atomic E-state index is 13.8. The highest BCUT2D eigenvalue weighted by molar-refractivity contribution is 5.98. The van der Waals surface area contributed by atoms with Gasteiger partial charge in [-0.15, -0.1) is 0 Å². The van der Waals surface area contributed by atoms with Crippen molar-refractivity contribution in [2.24, 2.45) is 0 Å². The van der Waals surface area contributed by atoms with Crippen LogP contribution in [0.25, 0.3) is 11.0 Å². The van der Waals surface area contributed by atoms with Crippen LogP contribution in [0.1, 0.15) is 10.4 Å². The Morgan fingerprint density at radius 2 is 1.86 bits per heavy atom. The third kappa shape index (κ3) is 3.99. The van der Waals surface area contributed by atoms with E-state index in [4.69, 9.17) is 5.11 Å². The first-order valence-electron chi connectivity index (χ1n) is 7.68. The fraction of sp³-hybridized carbons (Fsp3) is 0.312. The summed E-state index contributed by atoms with van der Waals surface area (Å²) in [4.78, 5) is 35.2. The molecule has 4 atom stereocenters. The van der Waals surface area contributed by atoms with Crippen molar-refractivity contribution in [3.05, 3.63) is 39.8 Å². The van der Waals surface area contributed by atoms with Crippen LogP contribution in [0, 0.1) is 11.6 Å². The molecule has 1 aromatic carbocycles. The molecule has 0 aliphatic rings. The van der Waals surface area contributed by atoms with Crippen LogP contribution in [0.4, 0.5) is 8.78 Å². The van der Waals surface area contributed by atoms with Gasteiger partial charge in [-0.25, -0.2) is 9.18 Å². The topological polar surface area (TPSA) is 178 Å². The predicted molar refractivity (Wildman–Crippen MR) is 86.5 cm³/mol. The van der Waals surface area contributed by atoms with Gasteiger partial charge in [-0.3, -0.25) is 4.79 Å². The van der Waals surface area contributed by atoms with Gasteiger partial charge in [0.1, 0.15) is 36.2 Å². The van der Waals surface area contributed by atoms with E-state index >= 15 is 0 Å². The van der Waals surface area contributed by atoms with Crippen LogP contribution in [0.2, 0.25) is 0 Å². The highest BCUT2D eigenvalue weighted by Crippen LogP contribution is 2.28. The molecule has 28 heavy (non-hydrogen) atoms. The number of aliphatic hydroxyl groups is 4. The van der Waals surface area contributed by atoms with Gasteiger partial charge in [-0.1, -0.05) is 0 Å². The molecular formula is C16H15F2NO9. The Hall–Kier alpha value is -2.93. The molecule has 0 spiro atoms. The van der Waals surface area contributed by atoms with E-state index in [0.29, 0.717) is 6.07 Å². The van der Waals surface area contributed by atoms with Gasteiger partial charge < -0.3 is 40.1 Å². The van der Waals surface area contributed by atoms with Crippen molar-refractivity contribution in [3.63, 3.8) is 0 Å². The van der Waals surface area contributed by atoms with E-state index in [-0.39, 0.29) is 6.29 Å². The highest BCUT2D eigenvalue weighted by atomic mass is 19.1. The first-order chi connectivity index (χ1) is 13.1. The Labute approximate surface area is 154 Å². The summed E-state index contributed by atoms with van der Waals surface area (Å²) in [5.41, 5.74) is -3.01. The number of amides is 1. The van der Waals surface area contributed by atoms with Gasteiger partial charge in [0.25, 0.3) is 5.91 Å². The lowest BCUT2D eigenvalue weighted by Crippen LogP contribution is -2.53. The maximum Gasteiger partial charge on any atom is 0.349 e. The molecule has 0 saturated heterocycles. The van der Waals surface area contributed by atoms with Crippen molar-refractivity contribution >= 4 is 23.2 Å². The number of hydrogen-bond acceptors (Lipinski definition) is 9. The first-order valence-corrected chi connectivity index (χ1v) is 7.68. The minimum Gasteiger partial charge on any atom is -0.503 e. The Morgan fingerprint density at radius 3 is 2.43 bits per heavy atom. The lowest BCUT2D eigenvalue weighted by atomic mass is 10.0. The van der Waals surface area contributed by atoms with Gasteiger partial charge in [0.2, 0.25) is 5.82 Å². The molecule has 0 fully saturated rings. The number of aldehydes is 1. The van der Waals surface area contributed by atoms with Crippen molar-refractivity contribution in [2.75, 3.05) is 6.61 Å². The number of hydrogen-bond donors (Lipinski definition) is 6. The molecular weight excluding hydrogens is 388 g/mol. The summed E-state index contributed by atoms with van der Waals surface area (Å²) in [6.07, 6.45) is -5.89. The summed E-state index contributed by atoms with van der Waals surface area (Å²) in [5.74, 6) is -5.62. The monoisotopic (exact) mass is 403 g/mol. The molecule has 0 radical (unpaired) electrons. The number of halogens is 2. The minimum absolute atomic E-state index is 0.00405. The number of fused-ring (bicyclic) bond motifs is 1. The Balaban J connectivity index is 2.36. The van der Waals surface area contributed by atoms with Crippen molar-refractivity contribution in [3.8, 4) is 5.75 Å². The number of benzene rings is 1. The largest absolute Gasteiger partial charge is 0.503 e. The third-order valence-corrected chi connectivity index (χ3v) is 3.88. The van der Waals surface area contributed by atoms with Crippen LogP contribution in [0.3, 0.4) is 0 Å². The van der Waals surface area contributed by atoms with Crippen molar-refractivity contribution in [2.45, 2.75) is 24.4 Å². The number of phenolic OH excluding ortho intramolecular Hbond substituents is 1. The van der Waals surface area contributed by atoms with E-state index in [0.717, 1.165) is 6.07 Å². The fourth-order valence-electron chi connectivity index (χ4n) is 2.32. The van der Waals surface area contributed by atoms with Gasteiger partial charge in [0, 0.05) is 5.39 Å². The molecule has 0 saturated carbocycles. The molecule has 0 aliphatic heterocycles. The number of phenols is 1. The number of aromatic hydroxyl groups is 1. The van der Waals surface area contributed by atoms with Crippen molar-refractivity contribution in [1.29, 1.82) is 0 Å². The maximum atomic E-state index is 13.8. The third-order valence-electron chi connectivity index (χ3n) is 3.88. The predicted octanol–water partition coefficient (Wildman–Crippen LogP) is -1.85. The summed E-state index contributed by atoms with van der Waals surface area (Å²) < 4.78 is 31.8. The molecule has 12 heteroatoms. The SMILES string of the molecule is O=C[C@@H](NC(=O)c1cc2cc(F)c(O)c(F)c2oc1=O)[C@H](O)[C@@H](O)[C@@H](O)CO. The van der Waals surface area contributed by atoms with Crippen molar-refractivity contribution in [1.82, 2.24) is 5.32 Å². The van der Waals surface area contributed by atoms with Crippen LogP contribution in [0.15, 0.2) is 21.3 Å². The molecule has 10 nitrogen and oxygen atoms in total. The minimum atomic E-state index is -2.05. The summed E-state index contributed by atoms with van der Waals surface area (Å²) in [5, 5.41) is 48.1. The van der Waals surface area contributed by atoms with Gasteiger partial charge in [-0.05, 0) is 12.1 Å². The number of aliphatic hydroxyl groups excluding tert-OH is 4. The summed E-state index contributed by atoms with van der Waals surface area (Å²) in [6.45, 7) is -0.948. The number of nitrogens with one attached hydrogen (secondary N) is 1. The quantitative estimate of drug-likeness (QED) is 0.229. The summed E-state index contributed by atoms with van der Waals surface area (Å²) in [7, 11) is 0. The Morgan fingerprint density at radius 1 is 1.21 bits per heavy atom.